The van der Waals surface area contributed by atoms with Gasteiger partial charge in [0.05, 0.1) is 5.69 Å². The van der Waals surface area contributed by atoms with Crippen molar-refractivity contribution in [1.82, 2.24) is 0 Å². The molecule has 0 saturated carbocycles. The van der Waals surface area contributed by atoms with E-state index in [9.17, 15) is 0 Å². The third-order valence-corrected chi connectivity index (χ3v) is 9.27. The van der Waals surface area contributed by atoms with Gasteiger partial charge in [-0.3, -0.25) is 0 Å². The molecule has 48 heavy (non-hydrogen) atoms. The Labute approximate surface area is 279 Å². The molecule has 9 aromatic rings. The molecule has 0 radical (unpaired) electrons. The molecule has 0 saturated heterocycles. The molecule has 2 nitrogen and oxygen atoms in total. The molecule has 0 atom stereocenters. The number of anilines is 3. The maximum atomic E-state index is 6.12. The Bertz CT molecular complexity index is 2540. The molecule has 226 valence electrons. The Morgan fingerprint density at radius 3 is 1.65 bits per heavy atom. The highest BCUT2D eigenvalue weighted by Crippen LogP contribution is 2.41. The van der Waals surface area contributed by atoms with Gasteiger partial charge in [0.1, 0.15) is 11.2 Å². The molecule has 2 heteroatoms. The van der Waals surface area contributed by atoms with E-state index in [0.29, 0.717) is 0 Å². The lowest BCUT2D eigenvalue weighted by Gasteiger charge is -2.27. The second-order valence-electron chi connectivity index (χ2n) is 12.2. The van der Waals surface area contributed by atoms with Crippen molar-refractivity contribution in [2.24, 2.45) is 0 Å². The van der Waals surface area contributed by atoms with Crippen molar-refractivity contribution < 1.29 is 4.42 Å². The molecule has 1 aromatic heterocycles. The van der Waals surface area contributed by atoms with Crippen LogP contribution in [-0.4, -0.2) is 0 Å². The third kappa shape index (κ3) is 5.01. The average Bonchev–Trinajstić information content (AvgIpc) is 3.54. The average molecular weight is 614 g/mol. The molecule has 0 spiro atoms. The molecule has 1 heterocycles. The van der Waals surface area contributed by atoms with Gasteiger partial charge in [-0.1, -0.05) is 140 Å². The largest absolute Gasteiger partial charge is 0.456 e. The number of para-hydroxylation sites is 1. The standard InChI is InChI=1S/C46H31NO/c1-2-10-32(11-3-1)33-20-22-34(23-21-33)35-24-27-39(28-25-35)47(44-18-9-13-36-12-4-5-16-41(36)44)40-15-8-14-37(30-40)38-26-29-46-43(31-38)42-17-6-7-19-45(42)48-46/h1-31H. The molecule has 0 fully saturated rings. The lowest BCUT2D eigenvalue weighted by Crippen LogP contribution is -2.10. The van der Waals surface area contributed by atoms with Gasteiger partial charge in [0.15, 0.2) is 0 Å². The van der Waals surface area contributed by atoms with Gasteiger partial charge in [-0.15, -0.1) is 0 Å². The molecule has 0 unspecified atom stereocenters. The van der Waals surface area contributed by atoms with Gasteiger partial charge in [0.2, 0.25) is 0 Å². The molecule has 0 aliphatic carbocycles. The van der Waals surface area contributed by atoms with E-state index in [4.69, 9.17) is 4.42 Å². The molecular weight excluding hydrogens is 583 g/mol. The zero-order chi connectivity index (χ0) is 31.9. The topological polar surface area (TPSA) is 16.4 Å². The summed E-state index contributed by atoms with van der Waals surface area (Å²) >= 11 is 0. The summed E-state index contributed by atoms with van der Waals surface area (Å²) in [5.41, 5.74) is 12.3. The van der Waals surface area contributed by atoms with Crippen molar-refractivity contribution in [3.63, 3.8) is 0 Å². The van der Waals surface area contributed by atoms with E-state index in [0.717, 1.165) is 50.1 Å². The zero-order valence-corrected chi connectivity index (χ0v) is 26.3. The van der Waals surface area contributed by atoms with Crippen LogP contribution in [-0.2, 0) is 0 Å². The fourth-order valence-corrected chi connectivity index (χ4v) is 6.85. The van der Waals surface area contributed by atoms with Crippen LogP contribution in [0.5, 0.6) is 0 Å². The number of benzene rings is 8. The maximum absolute atomic E-state index is 6.12. The van der Waals surface area contributed by atoms with Crippen LogP contribution in [0.2, 0.25) is 0 Å². The molecule has 0 amide bonds. The van der Waals surface area contributed by atoms with Crippen LogP contribution in [0.25, 0.3) is 66.1 Å². The van der Waals surface area contributed by atoms with Crippen molar-refractivity contribution in [3.8, 4) is 33.4 Å². The summed E-state index contributed by atoms with van der Waals surface area (Å²) in [5, 5.41) is 4.69. The van der Waals surface area contributed by atoms with Gasteiger partial charge in [0, 0.05) is 27.5 Å². The van der Waals surface area contributed by atoms with Crippen LogP contribution in [0.4, 0.5) is 17.1 Å². The van der Waals surface area contributed by atoms with Gasteiger partial charge < -0.3 is 9.32 Å². The minimum atomic E-state index is 0.906. The highest BCUT2D eigenvalue weighted by molar-refractivity contribution is 6.06. The van der Waals surface area contributed by atoms with E-state index in [2.05, 4.69) is 181 Å². The number of rotatable bonds is 6. The molecule has 0 aliphatic rings. The van der Waals surface area contributed by atoms with E-state index in [1.54, 1.807) is 0 Å². The van der Waals surface area contributed by atoms with Gasteiger partial charge in [-0.05, 0) is 87.3 Å². The summed E-state index contributed by atoms with van der Waals surface area (Å²) in [6, 6.07) is 67.0. The molecule has 0 N–H and O–H groups in total. The quantitative estimate of drug-likeness (QED) is 0.185. The highest BCUT2D eigenvalue weighted by Gasteiger charge is 2.17. The first kappa shape index (κ1) is 27.9. The number of nitrogens with zero attached hydrogens (tertiary/aromatic N) is 1. The zero-order valence-electron chi connectivity index (χ0n) is 26.3. The predicted molar refractivity (Wildman–Crippen MR) is 202 cm³/mol. The number of fused-ring (bicyclic) bond motifs is 4. The van der Waals surface area contributed by atoms with E-state index in [-0.39, 0.29) is 0 Å². The van der Waals surface area contributed by atoms with Crippen LogP contribution in [0.3, 0.4) is 0 Å². The molecule has 9 rings (SSSR count). The van der Waals surface area contributed by atoms with Crippen molar-refractivity contribution in [1.29, 1.82) is 0 Å². The second-order valence-corrected chi connectivity index (χ2v) is 12.2. The Balaban J connectivity index is 1.13. The van der Waals surface area contributed by atoms with Gasteiger partial charge in [0.25, 0.3) is 0 Å². The third-order valence-electron chi connectivity index (χ3n) is 9.27. The maximum Gasteiger partial charge on any atom is 0.135 e. The highest BCUT2D eigenvalue weighted by atomic mass is 16.3. The number of furan rings is 1. The molecule has 0 bridgehead atoms. The van der Waals surface area contributed by atoms with E-state index in [1.165, 1.54) is 33.0 Å². The molecule has 8 aromatic carbocycles. The van der Waals surface area contributed by atoms with Gasteiger partial charge in [-0.2, -0.15) is 0 Å². The summed E-state index contributed by atoms with van der Waals surface area (Å²) in [6.07, 6.45) is 0. The van der Waals surface area contributed by atoms with Crippen LogP contribution in [0, 0.1) is 0 Å². The normalized spacial score (nSPS) is 11.3. The van der Waals surface area contributed by atoms with Crippen LogP contribution >= 0.6 is 0 Å². The summed E-state index contributed by atoms with van der Waals surface area (Å²) in [4.78, 5) is 2.37. The number of hydrogen-bond donors (Lipinski definition) is 0. The minimum Gasteiger partial charge on any atom is -0.456 e. The first-order valence-electron chi connectivity index (χ1n) is 16.3. The Morgan fingerprint density at radius 2 is 0.854 bits per heavy atom. The molecule has 0 aliphatic heterocycles. The smallest absolute Gasteiger partial charge is 0.135 e. The Kier molecular flexibility index (Phi) is 6.84. The summed E-state index contributed by atoms with van der Waals surface area (Å²) < 4.78 is 6.12. The predicted octanol–water partition coefficient (Wildman–Crippen LogP) is 13.2. The number of hydrogen-bond acceptors (Lipinski definition) is 2. The summed E-state index contributed by atoms with van der Waals surface area (Å²) in [7, 11) is 0. The summed E-state index contributed by atoms with van der Waals surface area (Å²) in [6.45, 7) is 0. The van der Waals surface area contributed by atoms with Gasteiger partial charge >= 0.3 is 0 Å². The van der Waals surface area contributed by atoms with E-state index < -0.39 is 0 Å². The first-order chi connectivity index (χ1) is 23.8. The Hall–Kier alpha value is -6.38. The lowest BCUT2D eigenvalue weighted by atomic mass is 9.99. The van der Waals surface area contributed by atoms with Gasteiger partial charge in [-0.25, -0.2) is 0 Å². The monoisotopic (exact) mass is 613 g/mol. The minimum absolute atomic E-state index is 0.906. The molecular formula is C46H31NO. The Morgan fingerprint density at radius 1 is 0.312 bits per heavy atom. The van der Waals surface area contributed by atoms with E-state index >= 15 is 0 Å². The lowest BCUT2D eigenvalue weighted by molar-refractivity contribution is 0.669. The van der Waals surface area contributed by atoms with E-state index in [1.807, 2.05) is 12.1 Å². The summed E-state index contributed by atoms with van der Waals surface area (Å²) in [5.74, 6) is 0. The first-order valence-corrected chi connectivity index (χ1v) is 16.3. The fraction of sp³-hybridized carbons (Fsp3) is 0. The van der Waals surface area contributed by atoms with Crippen molar-refractivity contribution >= 4 is 49.8 Å². The van der Waals surface area contributed by atoms with Crippen LogP contribution in [0.15, 0.2) is 192 Å². The SMILES string of the molecule is c1ccc(-c2ccc(-c3ccc(N(c4cccc(-c5ccc6oc7ccccc7c6c5)c4)c4cccc5ccccc45)cc3)cc2)cc1. The van der Waals surface area contributed by atoms with Crippen molar-refractivity contribution in [2.45, 2.75) is 0 Å². The van der Waals surface area contributed by atoms with Crippen molar-refractivity contribution in [3.05, 3.63) is 188 Å². The van der Waals surface area contributed by atoms with Crippen LogP contribution in [0.1, 0.15) is 0 Å². The fourth-order valence-electron chi connectivity index (χ4n) is 6.85. The second kappa shape index (κ2) is 11.8. The van der Waals surface area contributed by atoms with Crippen LogP contribution < -0.4 is 4.90 Å². The van der Waals surface area contributed by atoms with Crippen molar-refractivity contribution in [2.75, 3.05) is 4.90 Å².